The number of methoxy groups -OCH3 is 1. The van der Waals surface area contributed by atoms with Crippen LogP contribution >= 0.6 is 11.6 Å². The highest BCUT2D eigenvalue weighted by atomic mass is 35.5. The SMILES string of the molecule is COc1cccc(Cl)c1CNc1ccc(N)cn1. The Labute approximate surface area is 111 Å². The zero-order valence-electron chi connectivity index (χ0n) is 9.98. The number of rotatable bonds is 4. The normalized spacial score (nSPS) is 10.1. The van der Waals surface area contributed by atoms with E-state index >= 15 is 0 Å². The van der Waals surface area contributed by atoms with Gasteiger partial charge in [-0.1, -0.05) is 17.7 Å². The fourth-order valence-electron chi connectivity index (χ4n) is 1.59. The highest BCUT2D eigenvalue weighted by molar-refractivity contribution is 6.31. The van der Waals surface area contributed by atoms with Gasteiger partial charge in [-0.3, -0.25) is 0 Å². The van der Waals surface area contributed by atoms with Gasteiger partial charge in [-0.25, -0.2) is 4.98 Å². The zero-order chi connectivity index (χ0) is 13.0. The van der Waals surface area contributed by atoms with Crippen molar-refractivity contribution in [2.75, 3.05) is 18.2 Å². The van der Waals surface area contributed by atoms with Gasteiger partial charge >= 0.3 is 0 Å². The molecule has 0 unspecified atom stereocenters. The third-order valence-electron chi connectivity index (χ3n) is 2.53. The average molecular weight is 264 g/mol. The van der Waals surface area contributed by atoms with E-state index in [9.17, 15) is 0 Å². The molecule has 0 atom stereocenters. The summed E-state index contributed by atoms with van der Waals surface area (Å²) in [6.07, 6.45) is 1.60. The maximum absolute atomic E-state index is 6.14. The quantitative estimate of drug-likeness (QED) is 0.890. The Kier molecular flexibility index (Phi) is 3.89. The van der Waals surface area contributed by atoms with Gasteiger partial charge in [0, 0.05) is 17.1 Å². The van der Waals surface area contributed by atoms with Crippen LogP contribution in [0.15, 0.2) is 36.5 Å². The van der Waals surface area contributed by atoms with Gasteiger partial charge in [0.1, 0.15) is 11.6 Å². The third-order valence-corrected chi connectivity index (χ3v) is 2.88. The molecule has 94 valence electrons. The fourth-order valence-corrected chi connectivity index (χ4v) is 1.82. The van der Waals surface area contributed by atoms with Gasteiger partial charge in [0.15, 0.2) is 0 Å². The number of aromatic nitrogens is 1. The first-order valence-corrected chi connectivity index (χ1v) is 5.85. The molecule has 0 spiro atoms. The van der Waals surface area contributed by atoms with Crippen LogP contribution in [0.4, 0.5) is 11.5 Å². The first kappa shape index (κ1) is 12.5. The van der Waals surface area contributed by atoms with Crippen molar-refractivity contribution < 1.29 is 4.74 Å². The Hall–Kier alpha value is -1.94. The van der Waals surface area contributed by atoms with Crippen molar-refractivity contribution >= 4 is 23.1 Å². The van der Waals surface area contributed by atoms with Gasteiger partial charge in [0.25, 0.3) is 0 Å². The van der Waals surface area contributed by atoms with E-state index in [1.807, 2.05) is 24.3 Å². The van der Waals surface area contributed by atoms with E-state index in [1.165, 1.54) is 0 Å². The number of hydrogen-bond donors (Lipinski definition) is 2. The maximum Gasteiger partial charge on any atom is 0.126 e. The highest BCUT2D eigenvalue weighted by Gasteiger charge is 2.07. The molecule has 18 heavy (non-hydrogen) atoms. The van der Waals surface area contributed by atoms with E-state index in [-0.39, 0.29) is 0 Å². The van der Waals surface area contributed by atoms with Gasteiger partial charge in [-0.05, 0) is 24.3 Å². The van der Waals surface area contributed by atoms with Crippen molar-refractivity contribution in [3.05, 3.63) is 47.1 Å². The molecule has 0 aliphatic carbocycles. The van der Waals surface area contributed by atoms with Gasteiger partial charge < -0.3 is 15.8 Å². The second-order valence-corrected chi connectivity index (χ2v) is 4.16. The molecule has 1 heterocycles. The summed E-state index contributed by atoms with van der Waals surface area (Å²) >= 11 is 6.14. The summed E-state index contributed by atoms with van der Waals surface area (Å²) in [6.45, 7) is 0.541. The summed E-state index contributed by atoms with van der Waals surface area (Å²) < 4.78 is 5.27. The van der Waals surface area contributed by atoms with E-state index in [0.29, 0.717) is 17.3 Å². The van der Waals surface area contributed by atoms with E-state index < -0.39 is 0 Å². The van der Waals surface area contributed by atoms with Crippen LogP contribution in [0, 0.1) is 0 Å². The molecular formula is C13H14ClN3O. The monoisotopic (exact) mass is 263 g/mol. The van der Waals surface area contributed by atoms with E-state index in [2.05, 4.69) is 10.3 Å². The molecule has 2 aromatic rings. The van der Waals surface area contributed by atoms with Crippen LogP contribution in [0.3, 0.4) is 0 Å². The van der Waals surface area contributed by atoms with Crippen molar-refractivity contribution in [3.8, 4) is 5.75 Å². The summed E-state index contributed by atoms with van der Waals surface area (Å²) in [6, 6.07) is 9.17. The van der Waals surface area contributed by atoms with Crippen LogP contribution in [-0.4, -0.2) is 12.1 Å². The average Bonchev–Trinajstić information content (AvgIpc) is 2.39. The lowest BCUT2D eigenvalue weighted by Crippen LogP contribution is -2.04. The first-order chi connectivity index (χ1) is 8.70. The molecule has 0 saturated heterocycles. The predicted molar refractivity (Wildman–Crippen MR) is 74.0 cm³/mol. The first-order valence-electron chi connectivity index (χ1n) is 5.47. The van der Waals surface area contributed by atoms with Crippen LogP contribution in [0.5, 0.6) is 5.75 Å². The van der Waals surface area contributed by atoms with Crippen molar-refractivity contribution in [3.63, 3.8) is 0 Å². The van der Waals surface area contributed by atoms with E-state index in [1.54, 1.807) is 19.4 Å². The van der Waals surface area contributed by atoms with Crippen LogP contribution in [0.2, 0.25) is 5.02 Å². The molecule has 2 rings (SSSR count). The molecule has 0 radical (unpaired) electrons. The second kappa shape index (κ2) is 5.60. The third kappa shape index (κ3) is 2.84. The Morgan fingerprint density at radius 2 is 2.17 bits per heavy atom. The van der Waals surface area contributed by atoms with Gasteiger partial charge in [0.2, 0.25) is 0 Å². The minimum absolute atomic E-state index is 0.541. The molecule has 4 nitrogen and oxygen atoms in total. The summed E-state index contributed by atoms with van der Waals surface area (Å²) in [5, 5.41) is 3.84. The molecule has 0 aliphatic heterocycles. The summed E-state index contributed by atoms with van der Waals surface area (Å²) in [5.41, 5.74) is 7.11. The second-order valence-electron chi connectivity index (χ2n) is 3.75. The van der Waals surface area contributed by atoms with E-state index in [4.69, 9.17) is 22.1 Å². The van der Waals surface area contributed by atoms with Crippen LogP contribution in [0.1, 0.15) is 5.56 Å². The van der Waals surface area contributed by atoms with Gasteiger partial charge in [-0.15, -0.1) is 0 Å². The van der Waals surface area contributed by atoms with Crippen LogP contribution in [0.25, 0.3) is 0 Å². The number of pyridine rings is 1. The number of halogens is 1. The maximum atomic E-state index is 6.14. The van der Waals surface area contributed by atoms with Crippen LogP contribution < -0.4 is 15.8 Å². The lowest BCUT2D eigenvalue weighted by Gasteiger charge is -2.11. The van der Waals surface area contributed by atoms with E-state index in [0.717, 1.165) is 17.1 Å². The minimum Gasteiger partial charge on any atom is -0.496 e. The number of ether oxygens (including phenoxy) is 1. The Morgan fingerprint density at radius 3 is 2.83 bits per heavy atom. The Bertz CT molecular complexity index is 528. The number of benzene rings is 1. The number of hydrogen-bond acceptors (Lipinski definition) is 4. The summed E-state index contributed by atoms with van der Waals surface area (Å²) in [4.78, 5) is 4.16. The molecule has 5 heteroatoms. The number of nitrogens with two attached hydrogens (primary N) is 1. The number of anilines is 2. The topological polar surface area (TPSA) is 60.2 Å². The van der Waals surface area contributed by atoms with Gasteiger partial charge in [-0.2, -0.15) is 0 Å². The predicted octanol–water partition coefficient (Wildman–Crippen LogP) is 2.94. The summed E-state index contributed by atoms with van der Waals surface area (Å²) in [5.74, 6) is 1.50. The fraction of sp³-hybridized carbons (Fsp3) is 0.154. The smallest absolute Gasteiger partial charge is 0.126 e. The Balaban J connectivity index is 2.12. The number of nitrogen functional groups attached to an aromatic ring is 1. The van der Waals surface area contributed by atoms with Crippen LogP contribution in [-0.2, 0) is 6.54 Å². The molecule has 0 aliphatic rings. The number of nitrogens with one attached hydrogen (secondary N) is 1. The molecule has 3 N–H and O–H groups in total. The Morgan fingerprint density at radius 1 is 1.33 bits per heavy atom. The minimum atomic E-state index is 0.541. The van der Waals surface area contributed by atoms with Crippen molar-refractivity contribution in [2.45, 2.75) is 6.54 Å². The molecular weight excluding hydrogens is 250 g/mol. The van der Waals surface area contributed by atoms with Gasteiger partial charge in [0.05, 0.1) is 19.0 Å². The molecule has 1 aromatic heterocycles. The number of nitrogens with zero attached hydrogens (tertiary/aromatic N) is 1. The molecule has 0 fully saturated rings. The van der Waals surface area contributed by atoms with Crippen molar-refractivity contribution in [1.82, 2.24) is 4.98 Å². The van der Waals surface area contributed by atoms with Crippen molar-refractivity contribution in [2.24, 2.45) is 0 Å². The highest BCUT2D eigenvalue weighted by Crippen LogP contribution is 2.26. The zero-order valence-corrected chi connectivity index (χ0v) is 10.7. The lowest BCUT2D eigenvalue weighted by atomic mass is 10.2. The lowest BCUT2D eigenvalue weighted by molar-refractivity contribution is 0.410. The molecule has 0 amide bonds. The molecule has 0 bridgehead atoms. The molecule has 0 saturated carbocycles. The summed E-state index contributed by atoms with van der Waals surface area (Å²) in [7, 11) is 1.62. The standard InChI is InChI=1S/C13H14ClN3O/c1-18-12-4-2-3-11(14)10(12)8-17-13-6-5-9(15)7-16-13/h2-7H,8,15H2,1H3,(H,16,17). The van der Waals surface area contributed by atoms with Crippen molar-refractivity contribution in [1.29, 1.82) is 0 Å². The molecule has 1 aromatic carbocycles. The largest absolute Gasteiger partial charge is 0.496 e.